The number of esters is 1. The van der Waals surface area contributed by atoms with Gasteiger partial charge in [0.1, 0.15) is 12.3 Å². The molecule has 94 valence electrons. The number of ether oxygens (including phenoxy) is 1. The van der Waals surface area contributed by atoms with E-state index in [1.54, 1.807) is 0 Å². The molecule has 0 radical (unpaired) electrons. The van der Waals surface area contributed by atoms with Gasteiger partial charge in [-0.15, -0.1) is 0 Å². The molecule has 1 aliphatic rings. The maximum Gasteiger partial charge on any atom is 0.325 e. The van der Waals surface area contributed by atoms with Crippen molar-refractivity contribution in [3.63, 3.8) is 0 Å². The number of hydrogen-bond acceptors (Lipinski definition) is 5. The highest BCUT2D eigenvalue weighted by molar-refractivity contribution is 6.39. The molecule has 1 rings (SSSR count). The summed E-state index contributed by atoms with van der Waals surface area (Å²) in [5.41, 5.74) is 0.276. The third-order valence-electron chi connectivity index (χ3n) is 2.39. The summed E-state index contributed by atoms with van der Waals surface area (Å²) in [6.07, 6.45) is 0.556. The van der Waals surface area contributed by atoms with Crippen molar-refractivity contribution in [2.45, 2.75) is 12.8 Å². The standard InChI is InChI=1S/C10H15N3O4/c1-12(6-9(15)17-3)10(16)7-4-5-8(14)13(2)11-7/h4-6H2,1-3H3. The average molecular weight is 241 g/mol. The molecule has 2 amide bonds. The van der Waals surface area contributed by atoms with E-state index < -0.39 is 5.97 Å². The van der Waals surface area contributed by atoms with Crippen molar-refractivity contribution in [2.75, 3.05) is 27.7 Å². The predicted molar refractivity (Wildman–Crippen MR) is 59.1 cm³/mol. The lowest BCUT2D eigenvalue weighted by Gasteiger charge is -2.22. The quantitative estimate of drug-likeness (QED) is 0.607. The Hall–Kier alpha value is -1.92. The fraction of sp³-hybridized carbons (Fsp3) is 0.600. The van der Waals surface area contributed by atoms with E-state index in [9.17, 15) is 14.4 Å². The minimum Gasteiger partial charge on any atom is -0.468 e. The summed E-state index contributed by atoms with van der Waals surface area (Å²) >= 11 is 0. The first-order valence-electron chi connectivity index (χ1n) is 5.12. The summed E-state index contributed by atoms with van der Waals surface area (Å²) < 4.78 is 4.46. The highest BCUT2D eigenvalue weighted by Gasteiger charge is 2.25. The van der Waals surface area contributed by atoms with Crippen molar-refractivity contribution < 1.29 is 19.1 Å². The first kappa shape index (κ1) is 13.1. The van der Waals surface area contributed by atoms with Crippen molar-refractivity contribution in [1.82, 2.24) is 9.91 Å². The first-order chi connectivity index (χ1) is 7.95. The summed E-state index contributed by atoms with van der Waals surface area (Å²) in [5, 5.41) is 5.02. The van der Waals surface area contributed by atoms with E-state index in [0.717, 1.165) is 5.01 Å². The lowest BCUT2D eigenvalue weighted by Crippen LogP contribution is -2.41. The van der Waals surface area contributed by atoms with Crippen LogP contribution >= 0.6 is 0 Å². The van der Waals surface area contributed by atoms with E-state index in [-0.39, 0.29) is 30.5 Å². The normalized spacial score (nSPS) is 15.4. The number of hydrazone groups is 1. The molecule has 0 spiro atoms. The second kappa shape index (κ2) is 5.42. The summed E-state index contributed by atoms with van der Waals surface area (Å²) in [6.45, 7) is -0.133. The third kappa shape index (κ3) is 3.27. The van der Waals surface area contributed by atoms with Crippen molar-refractivity contribution in [3.8, 4) is 0 Å². The van der Waals surface area contributed by atoms with Crippen LogP contribution in [0.3, 0.4) is 0 Å². The van der Waals surface area contributed by atoms with Gasteiger partial charge in [-0.3, -0.25) is 14.4 Å². The van der Waals surface area contributed by atoms with Gasteiger partial charge < -0.3 is 9.64 Å². The van der Waals surface area contributed by atoms with Gasteiger partial charge in [0.2, 0.25) is 5.91 Å². The highest BCUT2D eigenvalue weighted by atomic mass is 16.5. The summed E-state index contributed by atoms with van der Waals surface area (Å²) in [4.78, 5) is 35.2. The monoisotopic (exact) mass is 241 g/mol. The number of carbonyl (C=O) groups is 3. The smallest absolute Gasteiger partial charge is 0.325 e. The Bertz CT molecular complexity index is 378. The zero-order valence-electron chi connectivity index (χ0n) is 10.1. The molecule has 0 unspecified atom stereocenters. The summed E-state index contributed by atoms with van der Waals surface area (Å²) in [5.74, 6) is -0.992. The van der Waals surface area contributed by atoms with Crippen molar-refractivity contribution in [3.05, 3.63) is 0 Å². The summed E-state index contributed by atoms with van der Waals surface area (Å²) in [7, 11) is 4.23. The van der Waals surface area contributed by atoms with Gasteiger partial charge in [0.25, 0.3) is 5.91 Å². The fourth-order valence-corrected chi connectivity index (χ4v) is 1.37. The van der Waals surface area contributed by atoms with Crippen LogP contribution in [0.1, 0.15) is 12.8 Å². The number of carbonyl (C=O) groups excluding carboxylic acids is 3. The van der Waals surface area contributed by atoms with Gasteiger partial charge in [-0.1, -0.05) is 0 Å². The topological polar surface area (TPSA) is 79.3 Å². The molecule has 0 aromatic rings. The SMILES string of the molecule is COC(=O)CN(C)C(=O)C1=NN(C)C(=O)CC1. The van der Waals surface area contributed by atoms with Crippen LogP contribution in [0.15, 0.2) is 5.10 Å². The highest BCUT2D eigenvalue weighted by Crippen LogP contribution is 2.08. The molecule has 7 nitrogen and oxygen atoms in total. The lowest BCUT2D eigenvalue weighted by molar-refractivity contribution is -0.144. The Balaban J connectivity index is 2.67. The molecular weight excluding hydrogens is 226 g/mol. The maximum absolute atomic E-state index is 11.9. The van der Waals surface area contributed by atoms with Crippen LogP contribution in [-0.4, -0.2) is 61.2 Å². The molecule has 0 saturated heterocycles. The molecule has 17 heavy (non-hydrogen) atoms. The van der Waals surface area contributed by atoms with Gasteiger partial charge in [-0.05, 0) is 0 Å². The number of nitrogens with zero attached hydrogens (tertiary/aromatic N) is 3. The molecular formula is C10H15N3O4. The number of hydrogen-bond donors (Lipinski definition) is 0. The van der Waals surface area contributed by atoms with E-state index in [1.165, 1.54) is 26.1 Å². The molecule has 0 aromatic heterocycles. The number of methoxy groups -OCH3 is 1. The second-order valence-electron chi connectivity index (χ2n) is 3.70. The van der Waals surface area contributed by atoms with Gasteiger partial charge in [0.15, 0.2) is 0 Å². The van der Waals surface area contributed by atoms with Crippen molar-refractivity contribution in [2.24, 2.45) is 5.10 Å². The molecule has 1 aliphatic heterocycles. The van der Waals surface area contributed by atoms with E-state index in [0.29, 0.717) is 6.42 Å². The minimum atomic E-state index is -0.498. The Kier molecular flexibility index (Phi) is 4.19. The minimum absolute atomic E-state index is 0.128. The van der Waals surface area contributed by atoms with Crippen LogP contribution in [0.25, 0.3) is 0 Å². The first-order valence-corrected chi connectivity index (χ1v) is 5.12. The molecule has 0 atom stereocenters. The van der Waals surface area contributed by atoms with Crippen LogP contribution in [0.2, 0.25) is 0 Å². The van der Waals surface area contributed by atoms with Crippen LogP contribution in [0.4, 0.5) is 0 Å². The average Bonchev–Trinajstić information content (AvgIpc) is 2.31. The molecule has 0 saturated carbocycles. The van der Waals surface area contributed by atoms with Crippen LogP contribution in [0.5, 0.6) is 0 Å². The molecule has 0 N–H and O–H groups in total. The van der Waals surface area contributed by atoms with Gasteiger partial charge >= 0.3 is 5.97 Å². The Morgan fingerprint density at radius 3 is 2.65 bits per heavy atom. The van der Waals surface area contributed by atoms with E-state index >= 15 is 0 Å². The Morgan fingerprint density at radius 1 is 1.47 bits per heavy atom. The zero-order valence-corrected chi connectivity index (χ0v) is 10.1. The van der Waals surface area contributed by atoms with E-state index in [2.05, 4.69) is 9.84 Å². The molecule has 1 heterocycles. The second-order valence-corrected chi connectivity index (χ2v) is 3.70. The number of amides is 2. The van der Waals surface area contributed by atoms with Gasteiger partial charge in [0.05, 0.1) is 7.11 Å². The van der Waals surface area contributed by atoms with Gasteiger partial charge in [-0.25, -0.2) is 5.01 Å². The zero-order chi connectivity index (χ0) is 13.0. The van der Waals surface area contributed by atoms with Crippen molar-refractivity contribution in [1.29, 1.82) is 0 Å². The molecule has 0 fully saturated rings. The van der Waals surface area contributed by atoms with E-state index in [1.807, 2.05) is 0 Å². The number of rotatable bonds is 3. The molecule has 0 aliphatic carbocycles. The largest absolute Gasteiger partial charge is 0.468 e. The lowest BCUT2D eigenvalue weighted by atomic mass is 10.1. The van der Waals surface area contributed by atoms with Crippen LogP contribution in [0, 0.1) is 0 Å². The predicted octanol–water partition coefficient (Wildman–Crippen LogP) is -0.774. The maximum atomic E-state index is 11.9. The van der Waals surface area contributed by atoms with E-state index in [4.69, 9.17) is 0 Å². The fourth-order valence-electron chi connectivity index (χ4n) is 1.37. The van der Waals surface area contributed by atoms with Crippen molar-refractivity contribution >= 4 is 23.5 Å². The number of likely N-dealkylation sites (N-methyl/N-ethyl adjacent to an activating group) is 1. The van der Waals surface area contributed by atoms with Gasteiger partial charge in [-0.2, -0.15) is 5.10 Å². The third-order valence-corrected chi connectivity index (χ3v) is 2.39. The van der Waals surface area contributed by atoms with Crippen LogP contribution < -0.4 is 0 Å². The molecule has 7 heteroatoms. The van der Waals surface area contributed by atoms with Crippen LogP contribution in [-0.2, 0) is 19.1 Å². The Morgan fingerprint density at radius 2 is 2.12 bits per heavy atom. The van der Waals surface area contributed by atoms with Gasteiger partial charge in [0, 0.05) is 26.9 Å². The summed E-state index contributed by atoms with van der Waals surface area (Å²) in [6, 6.07) is 0. The molecule has 0 bridgehead atoms. The molecule has 0 aromatic carbocycles. The Labute approximate surface area is 99.0 Å².